The monoisotopic (exact) mass is 351 g/mol. The standard InChI is InChI=1S/C17H22ClN3O3/c1-10(2)8-17(4)15(23)21(16(24)20-17)9-14(22)19-13-6-5-12(18)7-11(13)3/h5-7,10H,8-9H2,1-4H3,(H,19,22)(H,20,24). The number of benzene rings is 1. The maximum atomic E-state index is 12.5. The third-order valence-electron chi connectivity index (χ3n) is 3.93. The number of urea groups is 1. The molecule has 0 bridgehead atoms. The molecule has 1 aromatic rings. The van der Waals surface area contributed by atoms with Crippen LogP contribution in [-0.2, 0) is 9.59 Å². The fourth-order valence-electron chi connectivity index (χ4n) is 2.95. The SMILES string of the molecule is Cc1cc(Cl)ccc1NC(=O)CN1C(=O)NC(C)(CC(C)C)C1=O. The summed E-state index contributed by atoms with van der Waals surface area (Å²) >= 11 is 5.88. The predicted octanol–water partition coefficient (Wildman–Crippen LogP) is 2.94. The molecule has 0 spiro atoms. The summed E-state index contributed by atoms with van der Waals surface area (Å²) in [5.74, 6) is -0.563. The van der Waals surface area contributed by atoms with E-state index in [9.17, 15) is 14.4 Å². The summed E-state index contributed by atoms with van der Waals surface area (Å²) < 4.78 is 0. The van der Waals surface area contributed by atoms with Crippen molar-refractivity contribution in [3.8, 4) is 0 Å². The number of carbonyl (C=O) groups is 3. The van der Waals surface area contributed by atoms with Crippen LogP contribution in [0.25, 0.3) is 0 Å². The molecule has 7 heteroatoms. The fraction of sp³-hybridized carbons (Fsp3) is 0.471. The Morgan fingerprint density at radius 3 is 2.62 bits per heavy atom. The van der Waals surface area contributed by atoms with Crippen molar-refractivity contribution in [2.24, 2.45) is 5.92 Å². The first kappa shape index (κ1) is 18.3. The molecule has 130 valence electrons. The van der Waals surface area contributed by atoms with Crippen LogP contribution in [0.3, 0.4) is 0 Å². The van der Waals surface area contributed by atoms with Crippen LogP contribution in [0.5, 0.6) is 0 Å². The first-order valence-electron chi connectivity index (χ1n) is 7.82. The fourth-order valence-corrected chi connectivity index (χ4v) is 3.17. The van der Waals surface area contributed by atoms with Gasteiger partial charge in [-0.15, -0.1) is 0 Å². The molecule has 1 heterocycles. The number of anilines is 1. The third kappa shape index (κ3) is 3.87. The van der Waals surface area contributed by atoms with Crippen LogP contribution in [0.2, 0.25) is 5.02 Å². The van der Waals surface area contributed by atoms with Crippen LogP contribution in [0.1, 0.15) is 32.8 Å². The highest BCUT2D eigenvalue weighted by molar-refractivity contribution is 6.30. The van der Waals surface area contributed by atoms with E-state index >= 15 is 0 Å². The van der Waals surface area contributed by atoms with Crippen LogP contribution < -0.4 is 10.6 Å². The number of nitrogens with one attached hydrogen (secondary N) is 2. The molecule has 0 radical (unpaired) electrons. The molecule has 24 heavy (non-hydrogen) atoms. The van der Waals surface area contributed by atoms with Crippen molar-refractivity contribution < 1.29 is 14.4 Å². The van der Waals surface area contributed by atoms with Crippen LogP contribution >= 0.6 is 11.6 Å². The van der Waals surface area contributed by atoms with Crippen LogP contribution in [0, 0.1) is 12.8 Å². The maximum Gasteiger partial charge on any atom is 0.325 e. The number of halogens is 1. The van der Waals surface area contributed by atoms with Crippen molar-refractivity contribution in [2.75, 3.05) is 11.9 Å². The molecule has 2 rings (SSSR count). The average molecular weight is 352 g/mol. The Kier molecular flexibility index (Phi) is 5.18. The van der Waals surface area contributed by atoms with E-state index in [-0.39, 0.29) is 18.4 Å². The molecule has 1 atom stereocenters. The zero-order chi connectivity index (χ0) is 18.1. The first-order chi connectivity index (χ1) is 11.1. The van der Waals surface area contributed by atoms with Crippen molar-refractivity contribution in [3.05, 3.63) is 28.8 Å². The van der Waals surface area contributed by atoms with Crippen LogP contribution in [0.15, 0.2) is 18.2 Å². The Morgan fingerprint density at radius 1 is 1.38 bits per heavy atom. The molecule has 0 aliphatic carbocycles. The number of hydrogen-bond donors (Lipinski definition) is 2. The van der Waals surface area contributed by atoms with Crippen molar-refractivity contribution in [1.29, 1.82) is 0 Å². The van der Waals surface area contributed by atoms with Crippen molar-refractivity contribution in [1.82, 2.24) is 10.2 Å². The molecule has 0 aromatic heterocycles. The zero-order valence-electron chi connectivity index (χ0n) is 14.3. The van der Waals surface area contributed by atoms with Crippen LogP contribution in [0.4, 0.5) is 10.5 Å². The van der Waals surface area contributed by atoms with Gasteiger partial charge >= 0.3 is 6.03 Å². The topological polar surface area (TPSA) is 78.5 Å². The average Bonchev–Trinajstić information content (AvgIpc) is 2.64. The van der Waals surface area contributed by atoms with E-state index in [1.807, 2.05) is 20.8 Å². The second-order valence-electron chi connectivity index (χ2n) is 6.76. The van der Waals surface area contributed by atoms with Gasteiger partial charge in [0.15, 0.2) is 0 Å². The largest absolute Gasteiger partial charge is 0.325 e. The molecule has 1 aromatic carbocycles. The molecule has 1 fully saturated rings. The minimum atomic E-state index is -0.957. The van der Waals surface area contributed by atoms with E-state index < -0.39 is 17.5 Å². The molecule has 1 aliphatic rings. The van der Waals surface area contributed by atoms with Crippen molar-refractivity contribution in [2.45, 2.75) is 39.7 Å². The second kappa shape index (κ2) is 6.81. The van der Waals surface area contributed by atoms with Crippen LogP contribution in [-0.4, -0.2) is 34.8 Å². The Balaban J connectivity index is 2.06. The molecule has 2 N–H and O–H groups in total. The van der Waals surface area contributed by atoms with Gasteiger partial charge in [0.2, 0.25) is 5.91 Å². The molecule has 4 amide bonds. The molecule has 1 saturated heterocycles. The maximum absolute atomic E-state index is 12.5. The first-order valence-corrected chi connectivity index (χ1v) is 8.20. The minimum absolute atomic E-state index is 0.241. The Bertz CT molecular complexity index is 690. The summed E-state index contributed by atoms with van der Waals surface area (Å²) in [6, 6.07) is 4.54. The lowest BCUT2D eigenvalue weighted by atomic mass is 9.91. The van der Waals surface area contributed by atoms with Gasteiger partial charge in [0.1, 0.15) is 12.1 Å². The summed E-state index contributed by atoms with van der Waals surface area (Å²) in [5.41, 5.74) is 0.445. The quantitative estimate of drug-likeness (QED) is 0.800. The van der Waals surface area contributed by atoms with Gasteiger partial charge in [-0.1, -0.05) is 25.4 Å². The number of nitrogens with zero attached hydrogens (tertiary/aromatic N) is 1. The molecular formula is C17H22ClN3O3. The second-order valence-corrected chi connectivity index (χ2v) is 7.20. The Labute approximate surface area is 146 Å². The Morgan fingerprint density at radius 2 is 2.04 bits per heavy atom. The number of carbonyl (C=O) groups excluding carboxylic acids is 3. The number of amides is 4. The molecule has 0 saturated carbocycles. The smallest absolute Gasteiger partial charge is 0.324 e. The summed E-state index contributed by atoms with van der Waals surface area (Å²) in [6.45, 7) is 7.14. The Hall–Kier alpha value is -2.08. The number of rotatable bonds is 5. The van der Waals surface area contributed by atoms with Crippen molar-refractivity contribution in [3.63, 3.8) is 0 Å². The minimum Gasteiger partial charge on any atom is -0.324 e. The predicted molar refractivity (Wildman–Crippen MR) is 92.9 cm³/mol. The summed E-state index contributed by atoms with van der Waals surface area (Å²) in [5, 5.41) is 5.96. The van der Waals surface area contributed by atoms with Gasteiger partial charge in [0.25, 0.3) is 5.91 Å². The lowest BCUT2D eigenvalue weighted by Crippen LogP contribution is -2.45. The van der Waals surface area contributed by atoms with Gasteiger partial charge in [0, 0.05) is 10.7 Å². The van der Waals surface area contributed by atoms with E-state index in [1.165, 1.54) is 0 Å². The highest BCUT2D eigenvalue weighted by Crippen LogP contribution is 2.25. The van der Waals surface area contributed by atoms with Crippen molar-refractivity contribution >= 4 is 35.1 Å². The van der Waals surface area contributed by atoms with E-state index in [0.29, 0.717) is 17.1 Å². The van der Waals surface area contributed by atoms with E-state index in [1.54, 1.807) is 25.1 Å². The third-order valence-corrected chi connectivity index (χ3v) is 4.16. The number of hydrogen-bond acceptors (Lipinski definition) is 3. The molecule has 1 unspecified atom stereocenters. The van der Waals surface area contributed by atoms with Gasteiger partial charge in [-0.05, 0) is 49.9 Å². The van der Waals surface area contributed by atoms with E-state index in [0.717, 1.165) is 10.5 Å². The van der Waals surface area contributed by atoms with E-state index in [2.05, 4.69) is 10.6 Å². The highest BCUT2D eigenvalue weighted by Gasteiger charge is 2.48. The normalized spacial score (nSPS) is 20.5. The van der Waals surface area contributed by atoms with Gasteiger partial charge < -0.3 is 10.6 Å². The van der Waals surface area contributed by atoms with Gasteiger partial charge in [-0.2, -0.15) is 0 Å². The van der Waals surface area contributed by atoms with Gasteiger partial charge in [-0.25, -0.2) is 4.79 Å². The summed E-state index contributed by atoms with van der Waals surface area (Å²) in [7, 11) is 0. The summed E-state index contributed by atoms with van der Waals surface area (Å²) in [4.78, 5) is 37.8. The van der Waals surface area contributed by atoms with Gasteiger partial charge in [-0.3, -0.25) is 14.5 Å². The number of aryl methyl sites for hydroxylation is 1. The zero-order valence-corrected chi connectivity index (χ0v) is 15.0. The molecule has 1 aliphatic heterocycles. The molecule has 6 nitrogen and oxygen atoms in total. The van der Waals surface area contributed by atoms with E-state index in [4.69, 9.17) is 11.6 Å². The lowest BCUT2D eigenvalue weighted by Gasteiger charge is -2.23. The lowest BCUT2D eigenvalue weighted by molar-refractivity contribution is -0.133. The molecular weight excluding hydrogens is 330 g/mol. The number of imide groups is 1. The summed E-state index contributed by atoms with van der Waals surface area (Å²) in [6.07, 6.45) is 0.520. The van der Waals surface area contributed by atoms with Gasteiger partial charge in [0.05, 0.1) is 0 Å². The highest BCUT2D eigenvalue weighted by atomic mass is 35.5.